The Hall–Kier alpha value is -1.37. The summed E-state index contributed by atoms with van der Waals surface area (Å²) in [7, 11) is 0. The first-order valence-corrected chi connectivity index (χ1v) is 6.14. The van der Waals surface area contributed by atoms with E-state index in [4.69, 9.17) is 5.26 Å². The highest BCUT2D eigenvalue weighted by Crippen LogP contribution is 2.18. The fourth-order valence-corrected chi connectivity index (χ4v) is 2.39. The molecule has 3 heteroatoms. The van der Waals surface area contributed by atoms with Crippen molar-refractivity contribution in [2.75, 3.05) is 19.7 Å². The van der Waals surface area contributed by atoms with Crippen LogP contribution in [0.1, 0.15) is 24.0 Å². The zero-order chi connectivity index (χ0) is 12.1. The summed E-state index contributed by atoms with van der Waals surface area (Å²) in [4.78, 5) is 2.38. The summed E-state index contributed by atoms with van der Waals surface area (Å²) in [6, 6.07) is 9.89. The number of benzene rings is 1. The van der Waals surface area contributed by atoms with Crippen LogP contribution in [0.2, 0.25) is 0 Å². The zero-order valence-corrected chi connectivity index (χ0v) is 9.97. The fraction of sp³-hybridized carbons (Fsp3) is 0.500. The minimum atomic E-state index is 0.296. The molecule has 1 aromatic rings. The van der Waals surface area contributed by atoms with Crippen LogP contribution in [0.5, 0.6) is 0 Å². The molecule has 1 N–H and O–H groups in total. The topological polar surface area (TPSA) is 47.3 Å². The number of likely N-dealkylation sites (tertiary alicyclic amines) is 1. The lowest BCUT2D eigenvalue weighted by Crippen LogP contribution is -2.36. The molecule has 3 nitrogen and oxygen atoms in total. The van der Waals surface area contributed by atoms with Crippen LogP contribution in [0.15, 0.2) is 24.3 Å². The van der Waals surface area contributed by atoms with Crippen molar-refractivity contribution in [2.24, 2.45) is 5.92 Å². The first kappa shape index (κ1) is 12.1. The van der Waals surface area contributed by atoms with E-state index in [9.17, 15) is 5.11 Å². The molecular formula is C14H18N2O. The normalized spacial score (nSPS) is 21.1. The quantitative estimate of drug-likeness (QED) is 0.860. The van der Waals surface area contributed by atoms with E-state index in [-0.39, 0.29) is 0 Å². The van der Waals surface area contributed by atoms with Crippen LogP contribution in [-0.4, -0.2) is 29.7 Å². The summed E-state index contributed by atoms with van der Waals surface area (Å²) >= 11 is 0. The van der Waals surface area contributed by atoms with E-state index in [1.54, 1.807) is 0 Å². The third-order valence-electron chi connectivity index (χ3n) is 3.35. The lowest BCUT2D eigenvalue weighted by molar-refractivity contribution is 0.116. The molecule has 1 aliphatic rings. The SMILES string of the molecule is N#Cc1ccc(CN2CCC[C@H](CO)C2)cc1. The van der Waals surface area contributed by atoms with Crippen LogP contribution in [0.3, 0.4) is 0 Å². The van der Waals surface area contributed by atoms with E-state index in [0.29, 0.717) is 18.1 Å². The minimum absolute atomic E-state index is 0.296. The number of aliphatic hydroxyl groups is 1. The monoisotopic (exact) mass is 230 g/mol. The summed E-state index contributed by atoms with van der Waals surface area (Å²) in [5.74, 6) is 0.433. The summed E-state index contributed by atoms with van der Waals surface area (Å²) < 4.78 is 0. The maximum Gasteiger partial charge on any atom is 0.0991 e. The maximum absolute atomic E-state index is 9.18. The van der Waals surface area contributed by atoms with E-state index < -0.39 is 0 Å². The van der Waals surface area contributed by atoms with Gasteiger partial charge < -0.3 is 5.11 Å². The standard InChI is InChI=1S/C14H18N2O/c15-8-12-3-5-13(6-4-12)9-16-7-1-2-14(10-16)11-17/h3-6,14,17H,1-2,7,9-11H2/t14-/m0/s1. The molecular weight excluding hydrogens is 212 g/mol. The molecule has 1 aliphatic heterocycles. The summed E-state index contributed by atoms with van der Waals surface area (Å²) in [6.45, 7) is 3.30. The van der Waals surface area contributed by atoms with Crippen LogP contribution < -0.4 is 0 Å². The van der Waals surface area contributed by atoms with Crippen molar-refractivity contribution in [3.05, 3.63) is 35.4 Å². The molecule has 0 radical (unpaired) electrons. The van der Waals surface area contributed by atoms with Crippen LogP contribution >= 0.6 is 0 Å². The second-order valence-corrected chi connectivity index (χ2v) is 4.73. The molecule has 90 valence electrons. The Labute approximate surface area is 102 Å². The molecule has 0 aliphatic carbocycles. The van der Waals surface area contributed by atoms with Crippen molar-refractivity contribution in [1.29, 1.82) is 5.26 Å². The molecule has 0 saturated carbocycles. The molecule has 0 unspecified atom stereocenters. The van der Waals surface area contributed by atoms with Gasteiger partial charge in [0.2, 0.25) is 0 Å². The molecule has 0 amide bonds. The Morgan fingerprint density at radius 2 is 2.12 bits per heavy atom. The number of piperidine rings is 1. The van der Waals surface area contributed by atoms with Gasteiger partial charge in [-0.05, 0) is 43.0 Å². The van der Waals surface area contributed by atoms with Crippen molar-refractivity contribution in [2.45, 2.75) is 19.4 Å². The Morgan fingerprint density at radius 3 is 2.76 bits per heavy atom. The number of aliphatic hydroxyl groups excluding tert-OH is 1. The molecule has 1 heterocycles. The highest BCUT2D eigenvalue weighted by atomic mass is 16.3. The van der Waals surface area contributed by atoms with Gasteiger partial charge in [-0.3, -0.25) is 4.90 Å². The molecule has 0 bridgehead atoms. The van der Waals surface area contributed by atoms with E-state index in [0.717, 1.165) is 26.1 Å². The van der Waals surface area contributed by atoms with Gasteiger partial charge in [0.25, 0.3) is 0 Å². The number of hydrogen-bond acceptors (Lipinski definition) is 3. The van der Waals surface area contributed by atoms with Crippen molar-refractivity contribution in [3.8, 4) is 6.07 Å². The van der Waals surface area contributed by atoms with E-state index in [1.165, 1.54) is 12.0 Å². The predicted molar refractivity (Wildman–Crippen MR) is 66.2 cm³/mol. The first-order chi connectivity index (χ1) is 8.31. The van der Waals surface area contributed by atoms with Crippen molar-refractivity contribution >= 4 is 0 Å². The largest absolute Gasteiger partial charge is 0.396 e. The lowest BCUT2D eigenvalue weighted by Gasteiger charge is -2.31. The van der Waals surface area contributed by atoms with Crippen LogP contribution in [0.25, 0.3) is 0 Å². The smallest absolute Gasteiger partial charge is 0.0991 e. The molecule has 1 aromatic carbocycles. The van der Waals surface area contributed by atoms with Gasteiger partial charge in [0, 0.05) is 19.7 Å². The second kappa shape index (κ2) is 5.81. The minimum Gasteiger partial charge on any atom is -0.396 e. The molecule has 0 spiro atoms. The Bertz CT molecular complexity index is 394. The Morgan fingerprint density at radius 1 is 1.35 bits per heavy atom. The van der Waals surface area contributed by atoms with Gasteiger partial charge in [0.1, 0.15) is 0 Å². The third-order valence-corrected chi connectivity index (χ3v) is 3.35. The first-order valence-electron chi connectivity index (χ1n) is 6.14. The molecule has 1 saturated heterocycles. The highest BCUT2D eigenvalue weighted by molar-refractivity contribution is 5.31. The number of nitriles is 1. The number of hydrogen-bond donors (Lipinski definition) is 1. The van der Waals surface area contributed by atoms with Gasteiger partial charge in [-0.25, -0.2) is 0 Å². The second-order valence-electron chi connectivity index (χ2n) is 4.73. The number of nitrogens with zero attached hydrogens (tertiary/aromatic N) is 2. The van der Waals surface area contributed by atoms with Crippen LogP contribution in [-0.2, 0) is 6.54 Å². The molecule has 1 fully saturated rings. The number of rotatable bonds is 3. The fourth-order valence-electron chi connectivity index (χ4n) is 2.39. The van der Waals surface area contributed by atoms with Crippen LogP contribution in [0, 0.1) is 17.2 Å². The van der Waals surface area contributed by atoms with Gasteiger partial charge in [0.15, 0.2) is 0 Å². The van der Waals surface area contributed by atoms with Gasteiger partial charge in [0.05, 0.1) is 11.6 Å². The van der Waals surface area contributed by atoms with Crippen LogP contribution in [0.4, 0.5) is 0 Å². The highest BCUT2D eigenvalue weighted by Gasteiger charge is 2.18. The van der Waals surface area contributed by atoms with Gasteiger partial charge in [-0.2, -0.15) is 5.26 Å². The average Bonchev–Trinajstić information content (AvgIpc) is 2.40. The third kappa shape index (κ3) is 3.29. The lowest BCUT2D eigenvalue weighted by atomic mass is 9.98. The molecule has 17 heavy (non-hydrogen) atoms. The summed E-state index contributed by atoms with van der Waals surface area (Å²) in [6.07, 6.45) is 2.31. The van der Waals surface area contributed by atoms with Crippen molar-refractivity contribution < 1.29 is 5.11 Å². The maximum atomic E-state index is 9.18. The zero-order valence-electron chi connectivity index (χ0n) is 9.97. The summed E-state index contributed by atoms with van der Waals surface area (Å²) in [5.41, 5.74) is 1.95. The van der Waals surface area contributed by atoms with E-state index >= 15 is 0 Å². The summed E-state index contributed by atoms with van der Waals surface area (Å²) in [5, 5.41) is 17.9. The molecule has 1 atom stereocenters. The Kier molecular flexibility index (Phi) is 4.13. The van der Waals surface area contributed by atoms with E-state index in [1.807, 2.05) is 24.3 Å². The van der Waals surface area contributed by atoms with Gasteiger partial charge in [-0.1, -0.05) is 12.1 Å². The average molecular weight is 230 g/mol. The molecule has 2 rings (SSSR count). The van der Waals surface area contributed by atoms with E-state index in [2.05, 4.69) is 11.0 Å². The van der Waals surface area contributed by atoms with Gasteiger partial charge >= 0.3 is 0 Å². The van der Waals surface area contributed by atoms with Crippen molar-refractivity contribution in [1.82, 2.24) is 4.90 Å². The van der Waals surface area contributed by atoms with Crippen molar-refractivity contribution in [3.63, 3.8) is 0 Å². The molecule has 0 aromatic heterocycles. The predicted octanol–water partition coefficient (Wildman–Crippen LogP) is 1.76. The Balaban J connectivity index is 1.93. The van der Waals surface area contributed by atoms with Gasteiger partial charge in [-0.15, -0.1) is 0 Å².